The molecule has 7 rings (SSSR count). The average molecular weight is 568 g/mol. The molecule has 2 aliphatic heterocycles. The monoisotopic (exact) mass is 567 g/mol. The number of aliphatic hydroxyl groups excluding tert-OH is 1. The van der Waals surface area contributed by atoms with Crippen molar-refractivity contribution >= 4 is 42.2 Å². The van der Waals surface area contributed by atoms with Crippen LogP contribution in [0.1, 0.15) is 6.23 Å². The van der Waals surface area contributed by atoms with Gasteiger partial charge in [-0.3, -0.25) is 13.9 Å². The number of phosphoric acid groups is 1. The van der Waals surface area contributed by atoms with Crippen molar-refractivity contribution in [2.24, 2.45) is 0 Å². The summed E-state index contributed by atoms with van der Waals surface area (Å²) >= 11 is 1.16. The average Bonchev–Trinajstić information content (AvgIpc) is 3.60. The molecule has 5 atom stereocenters. The number of nitrogens with one attached hydrogen (secondary N) is 1. The SMILES string of the molecule is Nc1ccccc1Sc1nc2c(=O)n3cc(-c4ccccc4)[nH]c3nc2n1[C@@H]1OC2COP(=O)([O-])O[C@H]2C1O. The van der Waals surface area contributed by atoms with Gasteiger partial charge in [-0.25, -0.2) is 9.38 Å². The highest BCUT2D eigenvalue weighted by Gasteiger charge is 2.51. The van der Waals surface area contributed by atoms with Crippen LogP contribution in [0.3, 0.4) is 0 Å². The number of nitrogens with two attached hydrogens (primary N) is 1. The summed E-state index contributed by atoms with van der Waals surface area (Å²) in [5, 5.41) is 11.4. The third-order valence-electron chi connectivity index (χ3n) is 6.64. The van der Waals surface area contributed by atoms with E-state index in [9.17, 15) is 19.4 Å². The molecular weight excluding hydrogens is 547 g/mol. The minimum atomic E-state index is -4.60. The Kier molecular flexibility index (Phi) is 5.68. The lowest BCUT2D eigenvalue weighted by atomic mass is 10.1. The van der Waals surface area contributed by atoms with Gasteiger partial charge in [-0.15, -0.1) is 0 Å². The van der Waals surface area contributed by atoms with Gasteiger partial charge < -0.3 is 34.5 Å². The number of rotatable bonds is 4. The minimum Gasteiger partial charge on any atom is -0.756 e. The quantitative estimate of drug-likeness (QED) is 0.213. The number of imidazole rings is 2. The molecule has 5 aromatic rings. The van der Waals surface area contributed by atoms with Crippen LogP contribution in [0.15, 0.2) is 75.6 Å². The van der Waals surface area contributed by atoms with Crippen LogP contribution in [0, 0.1) is 0 Å². The van der Waals surface area contributed by atoms with Crippen LogP contribution in [0.4, 0.5) is 5.69 Å². The van der Waals surface area contributed by atoms with Crippen molar-refractivity contribution in [3.63, 3.8) is 0 Å². The van der Waals surface area contributed by atoms with E-state index in [1.165, 1.54) is 8.97 Å². The Balaban J connectivity index is 1.41. The summed E-state index contributed by atoms with van der Waals surface area (Å²) < 4.78 is 30.6. The number of hydrogen-bond donors (Lipinski definition) is 3. The van der Waals surface area contributed by atoms with Gasteiger partial charge in [0.05, 0.1) is 12.3 Å². The van der Waals surface area contributed by atoms with Gasteiger partial charge in [0, 0.05) is 16.8 Å². The fourth-order valence-electron chi connectivity index (χ4n) is 4.79. The van der Waals surface area contributed by atoms with Gasteiger partial charge >= 0.3 is 0 Å². The van der Waals surface area contributed by atoms with Crippen molar-refractivity contribution in [3.05, 3.63) is 71.1 Å². The Morgan fingerprint density at radius 1 is 1.15 bits per heavy atom. The molecule has 2 aromatic carbocycles. The molecule has 0 bridgehead atoms. The molecule has 200 valence electrons. The zero-order chi connectivity index (χ0) is 26.9. The van der Waals surface area contributed by atoms with Crippen LogP contribution in [-0.2, 0) is 18.3 Å². The molecule has 4 N–H and O–H groups in total. The first-order valence-electron chi connectivity index (χ1n) is 11.9. The van der Waals surface area contributed by atoms with E-state index in [2.05, 4.69) is 15.0 Å². The van der Waals surface area contributed by atoms with E-state index in [1.807, 2.05) is 30.3 Å². The Labute approximate surface area is 223 Å². The largest absolute Gasteiger partial charge is 0.756 e. The highest BCUT2D eigenvalue weighted by atomic mass is 32.2. The molecule has 2 fully saturated rings. The van der Waals surface area contributed by atoms with Crippen molar-refractivity contribution in [2.75, 3.05) is 12.3 Å². The predicted molar refractivity (Wildman–Crippen MR) is 138 cm³/mol. The fourth-order valence-corrected chi connectivity index (χ4v) is 6.69. The first kappa shape index (κ1) is 24.5. The van der Waals surface area contributed by atoms with Gasteiger partial charge in [-0.1, -0.05) is 42.5 Å². The number of para-hydroxylation sites is 1. The highest BCUT2D eigenvalue weighted by molar-refractivity contribution is 7.99. The van der Waals surface area contributed by atoms with Crippen LogP contribution in [-0.4, -0.2) is 53.9 Å². The Hall–Kier alpha value is -3.49. The number of aliphatic hydroxyl groups is 1. The minimum absolute atomic E-state index is 0.0282. The number of aromatic nitrogens is 5. The fraction of sp³-hybridized carbons (Fsp3) is 0.208. The number of benzene rings is 2. The number of anilines is 1. The summed E-state index contributed by atoms with van der Waals surface area (Å²) in [6.07, 6.45) is -3.05. The predicted octanol–water partition coefficient (Wildman–Crippen LogP) is 1.91. The molecule has 5 heterocycles. The molecule has 39 heavy (non-hydrogen) atoms. The molecule has 3 unspecified atom stereocenters. The highest BCUT2D eigenvalue weighted by Crippen LogP contribution is 2.50. The number of nitrogen functional groups attached to an aromatic ring is 1. The molecule has 2 saturated heterocycles. The first-order chi connectivity index (χ1) is 18.8. The van der Waals surface area contributed by atoms with E-state index in [0.717, 1.165) is 17.3 Å². The van der Waals surface area contributed by atoms with Gasteiger partial charge in [0.2, 0.25) is 5.78 Å². The smallest absolute Gasteiger partial charge is 0.287 e. The number of aromatic amines is 1. The number of phosphoric ester groups is 1. The van der Waals surface area contributed by atoms with Crippen LogP contribution in [0.25, 0.3) is 28.2 Å². The number of fused-ring (bicyclic) bond motifs is 3. The van der Waals surface area contributed by atoms with Crippen molar-refractivity contribution < 1.29 is 28.3 Å². The molecule has 13 nitrogen and oxygen atoms in total. The second kappa shape index (κ2) is 9.03. The summed E-state index contributed by atoms with van der Waals surface area (Å²) in [4.78, 5) is 38.6. The van der Waals surface area contributed by atoms with E-state index < -0.39 is 37.9 Å². The lowest BCUT2D eigenvalue weighted by Crippen LogP contribution is -2.41. The van der Waals surface area contributed by atoms with Crippen molar-refractivity contribution in [3.8, 4) is 11.3 Å². The maximum absolute atomic E-state index is 13.6. The summed E-state index contributed by atoms with van der Waals surface area (Å²) in [5.41, 5.74) is 7.89. The third-order valence-corrected chi connectivity index (χ3v) is 8.67. The Morgan fingerprint density at radius 3 is 2.72 bits per heavy atom. The molecule has 0 spiro atoms. The molecule has 0 radical (unpaired) electrons. The summed E-state index contributed by atoms with van der Waals surface area (Å²) in [7, 11) is -4.60. The maximum atomic E-state index is 13.6. The maximum Gasteiger partial charge on any atom is 0.287 e. The van der Waals surface area contributed by atoms with E-state index >= 15 is 0 Å². The molecular formula is C24H20N6O7PS-. The second-order valence-corrected chi connectivity index (χ2v) is 11.5. The van der Waals surface area contributed by atoms with Crippen molar-refractivity contribution in [2.45, 2.75) is 34.6 Å². The van der Waals surface area contributed by atoms with Gasteiger partial charge in [0.1, 0.15) is 18.3 Å². The van der Waals surface area contributed by atoms with E-state index in [-0.39, 0.29) is 28.7 Å². The molecule has 15 heteroatoms. The normalized spacial score (nSPS) is 26.8. The standard InChI is InChI=1S/C24H21N6O7PS/c25-13-8-4-5-9-16(13)39-24-27-17-20(30(24)22-18(31)19-15(36-22)11-35-38(33,34)37-19)28-23-26-14(10-29(23)21(17)32)12-6-2-1-3-7-12/h1-10,15,18-19,22,31H,11,25H2,(H,26,28)(H,33,34)/p-1/t15?,18?,19-,22-/m1/s1. The topological polar surface area (TPSA) is 182 Å². The number of nitrogens with zero attached hydrogens (tertiary/aromatic N) is 4. The van der Waals surface area contributed by atoms with Crippen LogP contribution >= 0.6 is 19.6 Å². The summed E-state index contributed by atoms with van der Waals surface area (Å²) in [6, 6.07) is 16.6. The first-order valence-corrected chi connectivity index (χ1v) is 14.2. The van der Waals surface area contributed by atoms with Crippen LogP contribution in [0.5, 0.6) is 0 Å². The van der Waals surface area contributed by atoms with E-state index in [1.54, 1.807) is 30.5 Å². The van der Waals surface area contributed by atoms with Gasteiger partial charge in [-0.05, 0) is 29.5 Å². The Morgan fingerprint density at radius 2 is 1.92 bits per heavy atom. The van der Waals surface area contributed by atoms with Crippen LogP contribution in [0.2, 0.25) is 0 Å². The van der Waals surface area contributed by atoms with Crippen molar-refractivity contribution in [1.29, 1.82) is 0 Å². The molecule has 0 amide bonds. The third kappa shape index (κ3) is 4.08. The van der Waals surface area contributed by atoms with Crippen LogP contribution < -0.4 is 16.2 Å². The number of hydrogen-bond acceptors (Lipinski definition) is 11. The Bertz CT molecular complexity index is 1840. The molecule has 2 aliphatic rings. The zero-order valence-corrected chi connectivity index (χ0v) is 21.6. The second-order valence-electron chi connectivity index (χ2n) is 9.09. The molecule has 3 aromatic heterocycles. The lowest BCUT2D eigenvalue weighted by molar-refractivity contribution is -0.245. The van der Waals surface area contributed by atoms with E-state index in [4.69, 9.17) is 19.5 Å². The summed E-state index contributed by atoms with van der Waals surface area (Å²) in [5.74, 6) is 0.247. The van der Waals surface area contributed by atoms with Gasteiger partial charge in [0.25, 0.3) is 13.4 Å². The van der Waals surface area contributed by atoms with Gasteiger partial charge in [-0.2, -0.15) is 4.98 Å². The zero-order valence-electron chi connectivity index (χ0n) is 19.9. The van der Waals surface area contributed by atoms with E-state index in [0.29, 0.717) is 16.3 Å². The molecule has 0 aliphatic carbocycles. The lowest BCUT2D eigenvalue weighted by Gasteiger charge is -2.34. The van der Waals surface area contributed by atoms with Gasteiger partial charge in [0.15, 0.2) is 22.5 Å². The molecule has 0 saturated carbocycles. The number of ether oxygens (including phenoxy) is 1. The number of H-pyrrole nitrogens is 1. The summed E-state index contributed by atoms with van der Waals surface area (Å²) in [6.45, 7) is -0.322. The van der Waals surface area contributed by atoms with Crippen molar-refractivity contribution in [1.82, 2.24) is 23.9 Å².